The lowest BCUT2D eigenvalue weighted by molar-refractivity contribution is -0.0847. The van der Waals surface area contributed by atoms with E-state index in [1.165, 1.54) is 0 Å². The van der Waals surface area contributed by atoms with Crippen molar-refractivity contribution in [2.45, 2.75) is 13.2 Å². The Morgan fingerprint density at radius 1 is 1.06 bits per heavy atom. The third-order valence-electron chi connectivity index (χ3n) is 2.18. The first kappa shape index (κ1) is 14.8. The Hall–Kier alpha value is -1.30. The molecule has 0 aromatic heterocycles. The van der Waals surface area contributed by atoms with E-state index in [-0.39, 0.29) is 12.9 Å². The second-order valence-corrected chi connectivity index (χ2v) is 3.57. The predicted molar refractivity (Wildman–Crippen MR) is 66.9 cm³/mol. The summed E-state index contributed by atoms with van der Waals surface area (Å²) < 4.78 is 21.0. The summed E-state index contributed by atoms with van der Waals surface area (Å²) in [5, 5.41) is 8.51. The molecule has 0 saturated heterocycles. The molecule has 0 heterocycles. The number of rotatable bonds is 9. The number of methoxy groups -OCH3 is 1. The molecule has 1 N–H and O–H groups in total. The lowest BCUT2D eigenvalue weighted by Crippen LogP contribution is -2.19. The molecule has 1 aromatic rings. The van der Waals surface area contributed by atoms with Crippen LogP contribution in [0, 0.1) is 0 Å². The van der Waals surface area contributed by atoms with Crippen molar-refractivity contribution >= 4 is 0 Å². The van der Waals surface area contributed by atoms with Gasteiger partial charge in [0.2, 0.25) is 0 Å². The van der Waals surface area contributed by atoms with Crippen LogP contribution in [0.25, 0.3) is 0 Å². The van der Waals surface area contributed by atoms with E-state index < -0.39 is 0 Å². The van der Waals surface area contributed by atoms with E-state index in [0.717, 1.165) is 11.5 Å². The van der Waals surface area contributed by atoms with E-state index >= 15 is 0 Å². The van der Waals surface area contributed by atoms with Gasteiger partial charge in [-0.1, -0.05) is 0 Å². The molecular weight excluding hydrogens is 236 g/mol. The van der Waals surface area contributed by atoms with Crippen molar-refractivity contribution in [3.8, 4) is 11.5 Å². The first-order valence-electron chi connectivity index (χ1n) is 5.87. The van der Waals surface area contributed by atoms with Gasteiger partial charge >= 0.3 is 0 Å². The first-order chi connectivity index (χ1) is 8.76. The van der Waals surface area contributed by atoms with E-state index in [9.17, 15) is 0 Å². The zero-order chi connectivity index (χ0) is 13.2. The normalized spacial score (nSPS) is 12.2. The molecule has 0 bridgehead atoms. The molecule has 18 heavy (non-hydrogen) atoms. The van der Waals surface area contributed by atoms with Crippen LogP contribution in [0.5, 0.6) is 11.5 Å². The molecule has 1 atom stereocenters. The van der Waals surface area contributed by atoms with Gasteiger partial charge in [0.1, 0.15) is 11.5 Å². The number of hydrogen-bond donors (Lipinski definition) is 1. The van der Waals surface area contributed by atoms with Gasteiger partial charge in [0.15, 0.2) is 6.29 Å². The minimum absolute atomic E-state index is 0.0257. The molecule has 1 aromatic carbocycles. The summed E-state index contributed by atoms with van der Waals surface area (Å²) in [5.74, 6) is 1.51. The number of aliphatic hydroxyl groups is 1. The molecule has 0 aliphatic heterocycles. The maximum atomic E-state index is 8.51. The second-order valence-electron chi connectivity index (χ2n) is 3.57. The van der Waals surface area contributed by atoms with Gasteiger partial charge in [0.25, 0.3) is 0 Å². The molecule has 0 radical (unpaired) electrons. The van der Waals surface area contributed by atoms with Crippen LogP contribution in [0.15, 0.2) is 24.3 Å². The van der Waals surface area contributed by atoms with Crippen LogP contribution in [-0.4, -0.2) is 44.9 Å². The summed E-state index contributed by atoms with van der Waals surface area (Å²) in [4.78, 5) is 0. The summed E-state index contributed by atoms with van der Waals surface area (Å²) in [7, 11) is 1.62. The summed E-state index contributed by atoms with van der Waals surface area (Å²) in [6.45, 7) is 3.04. The summed E-state index contributed by atoms with van der Waals surface area (Å²) in [6, 6.07) is 7.29. The van der Waals surface area contributed by atoms with E-state index in [4.69, 9.17) is 24.1 Å². The average molecular weight is 256 g/mol. The van der Waals surface area contributed by atoms with Crippen LogP contribution in [-0.2, 0) is 9.47 Å². The number of hydrogen-bond acceptors (Lipinski definition) is 5. The Morgan fingerprint density at radius 2 is 1.72 bits per heavy atom. The fourth-order valence-corrected chi connectivity index (χ4v) is 1.32. The Balaban J connectivity index is 2.20. The molecule has 1 unspecified atom stereocenters. The maximum Gasteiger partial charge on any atom is 0.197 e. The molecule has 0 aliphatic carbocycles. The Labute approximate surface area is 107 Å². The van der Waals surface area contributed by atoms with Gasteiger partial charge in [-0.05, 0) is 31.2 Å². The third kappa shape index (κ3) is 5.86. The minimum Gasteiger partial charge on any atom is -0.497 e. The Morgan fingerprint density at radius 3 is 2.33 bits per heavy atom. The molecule has 0 saturated carbocycles. The van der Waals surface area contributed by atoms with Gasteiger partial charge in [-0.25, -0.2) is 0 Å². The van der Waals surface area contributed by atoms with Crippen LogP contribution in [0.3, 0.4) is 0 Å². The molecule has 1 rings (SSSR count). The van der Waals surface area contributed by atoms with Crippen molar-refractivity contribution in [1.82, 2.24) is 0 Å². The average Bonchev–Trinajstić information content (AvgIpc) is 2.39. The number of ether oxygens (including phenoxy) is 4. The second kappa shape index (κ2) is 8.74. The van der Waals surface area contributed by atoms with Gasteiger partial charge in [0, 0.05) is 0 Å². The highest BCUT2D eigenvalue weighted by molar-refractivity contribution is 5.31. The summed E-state index contributed by atoms with van der Waals surface area (Å²) >= 11 is 0. The van der Waals surface area contributed by atoms with E-state index in [0.29, 0.717) is 19.8 Å². The van der Waals surface area contributed by atoms with Crippen molar-refractivity contribution in [1.29, 1.82) is 0 Å². The van der Waals surface area contributed by atoms with Crippen molar-refractivity contribution in [3.63, 3.8) is 0 Å². The SMILES string of the molecule is COc1ccc(OC(C)OCCOCCO)cc1. The third-order valence-corrected chi connectivity index (χ3v) is 2.18. The van der Waals surface area contributed by atoms with Crippen molar-refractivity contribution < 1.29 is 24.1 Å². The van der Waals surface area contributed by atoms with Crippen LogP contribution < -0.4 is 9.47 Å². The largest absolute Gasteiger partial charge is 0.497 e. The Bertz CT molecular complexity index is 312. The molecule has 0 aliphatic rings. The first-order valence-corrected chi connectivity index (χ1v) is 5.87. The van der Waals surface area contributed by atoms with Gasteiger partial charge in [-0.3, -0.25) is 0 Å². The van der Waals surface area contributed by atoms with Crippen LogP contribution in [0.1, 0.15) is 6.92 Å². The zero-order valence-electron chi connectivity index (χ0n) is 10.8. The van der Waals surface area contributed by atoms with Gasteiger partial charge in [0.05, 0.1) is 33.5 Å². The molecule has 5 nitrogen and oxygen atoms in total. The van der Waals surface area contributed by atoms with Crippen molar-refractivity contribution in [2.24, 2.45) is 0 Å². The van der Waals surface area contributed by atoms with E-state index in [2.05, 4.69) is 0 Å². The maximum absolute atomic E-state index is 8.51. The molecular formula is C13H20O5. The smallest absolute Gasteiger partial charge is 0.197 e. The molecule has 0 spiro atoms. The van der Waals surface area contributed by atoms with Crippen LogP contribution >= 0.6 is 0 Å². The molecule has 102 valence electrons. The highest BCUT2D eigenvalue weighted by atomic mass is 16.7. The molecule has 0 amide bonds. The fourth-order valence-electron chi connectivity index (χ4n) is 1.32. The van der Waals surface area contributed by atoms with Crippen molar-refractivity contribution in [2.75, 3.05) is 33.5 Å². The lowest BCUT2D eigenvalue weighted by atomic mass is 10.3. The zero-order valence-corrected chi connectivity index (χ0v) is 10.8. The highest BCUT2D eigenvalue weighted by Crippen LogP contribution is 2.18. The monoisotopic (exact) mass is 256 g/mol. The topological polar surface area (TPSA) is 57.2 Å². The highest BCUT2D eigenvalue weighted by Gasteiger charge is 2.04. The predicted octanol–water partition coefficient (Wildman–Crippen LogP) is 1.45. The number of aliphatic hydroxyl groups excluding tert-OH is 1. The summed E-state index contributed by atoms with van der Waals surface area (Å²) in [6.07, 6.45) is -0.351. The quantitative estimate of drug-likeness (QED) is 0.535. The lowest BCUT2D eigenvalue weighted by Gasteiger charge is -2.15. The van der Waals surface area contributed by atoms with Gasteiger partial charge < -0.3 is 24.1 Å². The number of benzene rings is 1. The standard InChI is InChI=1S/C13H20O5/c1-11(17-10-9-16-8-7-14)18-13-5-3-12(15-2)4-6-13/h3-6,11,14H,7-10H2,1-2H3. The Kier molecular flexibility index (Phi) is 7.17. The van der Waals surface area contributed by atoms with Gasteiger partial charge in [-0.2, -0.15) is 0 Å². The van der Waals surface area contributed by atoms with E-state index in [1.54, 1.807) is 7.11 Å². The van der Waals surface area contributed by atoms with Gasteiger partial charge in [-0.15, -0.1) is 0 Å². The fraction of sp³-hybridized carbons (Fsp3) is 0.538. The van der Waals surface area contributed by atoms with Crippen molar-refractivity contribution in [3.05, 3.63) is 24.3 Å². The summed E-state index contributed by atoms with van der Waals surface area (Å²) in [5.41, 5.74) is 0. The van der Waals surface area contributed by atoms with E-state index in [1.807, 2.05) is 31.2 Å². The van der Waals surface area contributed by atoms with Crippen LogP contribution in [0.2, 0.25) is 0 Å². The minimum atomic E-state index is -0.351. The molecule has 0 fully saturated rings. The van der Waals surface area contributed by atoms with Crippen LogP contribution in [0.4, 0.5) is 0 Å². The molecule has 5 heteroatoms.